The van der Waals surface area contributed by atoms with Gasteiger partial charge in [-0.2, -0.15) is 4.39 Å². The lowest BCUT2D eigenvalue weighted by atomic mass is 10.2. The van der Waals surface area contributed by atoms with Crippen molar-refractivity contribution in [2.75, 3.05) is 13.7 Å². The van der Waals surface area contributed by atoms with Gasteiger partial charge < -0.3 is 15.2 Å². The fraction of sp³-hybridized carbons (Fsp3) is 0.364. The minimum Gasteiger partial charge on any atom is -0.481 e. The van der Waals surface area contributed by atoms with Gasteiger partial charge in [0.1, 0.15) is 0 Å². The highest BCUT2D eigenvalue weighted by molar-refractivity contribution is 5.94. The Labute approximate surface area is 103 Å². The summed E-state index contributed by atoms with van der Waals surface area (Å²) in [5.74, 6) is -2.57. The van der Waals surface area contributed by atoms with Gasteiger partial charge in [-0.15, -0.1) is 0 Å². The van der Waals surface area contributed by atoms with Crippen LogP contribution < -0.4 is 5.32 Å². The van der Waals surface area contributed by atoms with Crippen molar-refractivity contribution in [3.8, 4) is 0 Å². The van der Waals surface area contributed by atoms with Crippen molar-refractivity contribution < 1.29 is 23.8 Å². The molecule has 1 amide bonds. The minimum atomic E-state index is -1.04. The maximum absolute atomic E-state index is 13.2. The van der Waals surface area contributed by atoms with Crippen molar-refractivity contribution >= 4 is 11.9 Å². The molecule has 1 aromatic heterocycles. The van der Waals surface area contributed by atoms with E-state index in [9.17, 15) is 14.0 Å². The number of rotatable bonds is 6. The Morgan fingerprint density at radius 1 is 1.61 bits per heavy atom. The summed E-state index contributed by atoms with van der Waals surface area (Å²) in [6.45, 7) is -0.0179. The third-order valence-electron chi connectivity index (χ3n) is 2.23. The molecule has 2 N–H and O–H groups in total. The molecule has 6 nitrogen and oxygen atoms in total. The third-order valence-corrected chi connectivity index (χ3v) is 2.23. The second-order valence-electron chi connectivity index (χ2n) is 3.51. The number of halogens is 1. The molecule has 1 atom stereocenters. The molecule has 0 aliphatic heterocycles. The topological polar surface area (TPSA) is 88.5 Å². The van der Waals surface area contributed by atoms with Gasteiger partial charge in [-0.25, -0.2) is 4.98 Å². The first-order valence-corrected chi connectivity index (χ1v) is 5.18. The van der Waals surface area contributed by atoms with E-state index in [2.05, 4.69) is 10.3 Å². The molecule has 1 heterocycles. The largest absolute Gasteiger partial charge is 0.481 e. The number of hydrogen-bond donors (Lipinski definition) is 2. The van der Waals surface area contributed by atoms with Gasteiger partial charge >= 0.3 is 5.97 Å². The lowest BCUT2D eigenvalue weighted by Crippen LogP contribution is -2.34. The summed E-state index contributed by atoms with van der Waals surface area (Å²) in [5.41, 5.74) is -0.192. The quantitative estimate of drug-likeness (QED) is 0.721. The Bertz CT molecular complexity index is 439. The number of nitrogens with one attached hydrogen (secondary N) is 1. The summed E-state index contributed by atoms with van der Waals surface area (Å²) in [7, 11) is 1.34. The molecule has 98 valence electrons. The molecule has 1 unspecified atom stereocenters. The number of pyridine rings is 1. The Morgan fingerprint density at radius 3 is 2.89 bits per heavy atom. The Morgan fingerprint density at radius 2 is 2.33 bits per heavy atom. The van der Waals surface area contributed by atoms with Crippen LogP contribution in [-0.4, -0.2) is 41.7 Å². The first kappa shape index (κ1) is 14.0. The molecule has 0 aliphatic carbocycles. The van der Waals surface area contributed by atoms with Crippen LogP contribution in [0.25, 0.3) is 0 Å². The zero-order valence-corrected chi connectivity index (χ0v) is 9.72. The molecular weight excluding hydrogens is 243 g/mol. The predicted octanol–water partition coefficient (Wildman–Crippen LogP) is 0.440. The van der Waals surface area contributed by atoms with E-state index in [4.69, 9.17) is 9.84 Å². The summed E-state index contributed by atoms with van der Waals surface area (Å²) in [6.07, 6.45) is 0.326. The van der Waals surface area contributed by atoms with E-state index in [1.54, 1.807) is 0 Å². The van der Waals surface area contributed by atoms with Crippen molar-refractivity contribution in [3.63, 3.8) is 0 Å². The van der Waals surface area contributed by atoms with Crippen LogP contribution in [0.15, 0.2) is 18.3 Å². The Hall–Kier alpha value is -2.02. The van der Waals surface area contributed by atoms with Gasteiger partial charge in [0, 0.05) is 19.9 Å². The van der Waals surface area contributed by atoms with Gasteiger partial charge in [-0.1, -0.05) is 0 Å². The molecule has 0 aromatic carbocycles. The third kappa shape index (κ3) is 4.10. The molecular formula is C11H13FN2O4. The van der Waals surface area contributed by atoms with Gasteiger partial charge in [0.25, 0.3) is 5.91 Å². The highest BCUT2D eigenvalue weighted by Gasteiger charge is 2.16. The van der Waals surface area contributed by atoms with Crippen molar-refractivity contribution in [2.24, 2.45) is 0 Å². The lowest BCUT2D eigenvalue weighted by Gasteiger charge is -2.13. The fourth-order valence-corrected chi connectivity index (χ4v) is 1.29. The first-order chi connectivity index (χ1) is 8.54. The number of ether oxygens (including phenoxy) is 1. The molecule has 0 spiro atoms. The van der Waals surface area contributed by atoms with E-state index in [0.29, 0.717) is 0 Å². The predicted molar refractivity (Wildman–Crippen MR) is 59.6 cm³/mol. The molecule has 0 aliphatic rings. The SMILES string of the molecule is COC(CNC(=O)c1cccnc1F)CC(=O)O. The van der Waals surface area contributed by atoms with E-state index < -0.39 is 23.9 Å². The normalized spacial score (nSPS) is 11.9. The highest BCUT2D eigenvalue weighted by atomic mass is 19.1. The number of hydrogen-bond acceptors (Lipinski definition) is 4. The molecule has 0 saturated heterocycles. The average Bonchev–Trinajstić information content (AvgIpc) is 2.34. The number of carboxylic acids is 1. The van der Waals surface area contributed by atoms with E-state index in [1.165, 1.54) is 25.4 Å². The average molecular weight is 256 g/mol. The maximum Gasteiger partial charge on any atom is 0.306 e. The van der Waals surface area contributed by atoms with E-state index in [-0.39, 0.29) is 18.5 Å². The first-order valence-electron chi connectivity index (χ1n) is 5.18. The second kappa shape index (κ2) is 6.65. The van der Waals surface area contributed by atoms with Crippen molar-refractivity contribution in [1.29, 1.82) is 0 Å². The van der Waals surface area contributed by atoms with Crippen LogP contribution in [0.4, 0.5) is 4.39 Å². The molecule has 18 heavy (non-hydrogen) atoms. The molecule has 1 rings (SSSR count). The Kier molecular flexibility index (Phi) is 5.19. The van der Waals surface area contributed by atoms with Crippen molar-refractivity contribution in [1.82, 2.24) is 10.3 Å². The zero-order valence-electron chi connectivity index (χ0n) is 9.72. The van der Waals surface area contributed by atoms with Gasteiger partial charge in [0.2, 0.25) is 5.95 Å². The Balaban J connectivity index is 2.55. The van der Waals surface area contributed by atoms with Gasteiger partial charge in [0.05, 0.1) is 18.1 Å². The van der Waals surface area contributed by atoms with Crippen LogP contribution in [-0.2, 0) is 9.53 Å². The number of amides is 1. The molecule has 0 bridgehead atoms. The maximum atomic E-state index is 13.2. The standard InChI is InChI=1S/C11H13FN2O4/c1-18-7(5-9(15)16)6-14-11(17)8-3-2-4-13-10(8)12/h2-4,7H,5-6H2,1H3,(H,14,17)(H,15,16). The van der Waals surface area contributed by atoms with Crippen LogP contribution in [0.3, 0.4) is 0 Å². The lowest BCUT2D eigenvalue weighted by molar-refractivity contribution is -0.139. The summed E-state index contributed by atoms with van der Waals surface area (Å²) >= 11 is 0. The minimum absolute atomic E-state index is 0.0179. The van der Waals surface area contributed by atoms with Crippen molar-refractivity contribution in [2.45, 2.75) is 12.5 Å². The molecule has 1 aromatic rings. The number of aromatic nitrogens is 1. The number of methoxy groups -OCH3 is 1. The monoisotopic (exact) mass is 256 g/mol. The second-order valence-corrected chi connectivity index (χ2v) is 3.51. The summed E-state index contributed by atoms with van der Waals surface area (Å²) in [4.78, 5) is 25.4. The molecule has 0 radical (unpaired) electrons. The summed E-state index contributed by atoms with van der Waals surface area (Å²) < 4.78 is 18.0. The van der Waals surface area contributed by atoms with E-state index >= 15 is 0 Å². The number of nitrogens with zero attached hydrogens (tertiary/aromatic N) is 1. The van der Waals surface area contributed by atoms with E-state index in [0.717, 1.165) is 0 Å². The molecule has 0 saturated carbocycles. The highest BCUT2D eigenvalue weighted by Crippen LogP contribution is 2.03. The fourth-order valence-electron chi connectivity index (χ4n) is 1.29. The van der Waals surface area contributed by atoms with Crippen LogP contribution >= 0.6 is 0 Å². The van der Waals surface area contributed by atoms with Gasteiger partial charge in [0.15, 0.2) is 0 Å². The number of carbonyl (C=O) groups excluding carboxylic acids is 1. The van der Waals surface area contributed by atoms with Crippen LogP contribution in [0.5, 0.6) is 0 Å². The van der Waals surface area contributed by atoms with Crippen LogP contribution in [0, 0.1) is 5.95 Å². The van der Waals surface area contributed by atoms with Crippen LogP contribution in [0.2, 0.25) is 0 Å². The van der Waals surface area contributed by atoms with Crippen LogP contribution in [0.1, 0.15) is 16.8 Å². The van der Waals surface area contributed by atoms with Gasteiger partial charge in [-0.3, -0.25) is 9.59 Å². The zero-order chi connectivity index (χ0) is 13.5. The van der Waals surface area contributed by atoms with E-state index in [1.807, 2.05) is 0 Å². The summed E-state index contributed by atoms with van der Waals surface area (Å²) in [5, 5.41) is 11.0. The smallest absolute Gasteiger partial charge is 0.306 e. The number of aliphatic carboxylic acids is 1. The van der Waals surface area contributed by atoms with Gasteiger partial charge in [-0.05, 0) is 12.1 Å². The number of carbonyl (C=O) groups is 2. The molecule has 0 fully saturated rings. The number of carboxylic acid groups (broad SMARTS) is 1. The van der Waals surface area contributed by atoms with Crippen molar-refractivity contribution in [3.05, 3.63) is 29.8 Å². The summed E-state index contributed by atoms with van der Waals surface area (Å²) in [6, 6.07) is 2.72. The molecule has 7 heteroatoms.